The van der Waals surface area contributed by atoms with Crippen LogP contribution >= 0.6 is 0 Å². The maximum atomic E-state index is 13.8. The zero-order chi connectivity index (χ0) is 26.8. The van der Waals surface area contributed by atoms with Crippen LogP contribution in [-0.2, 0) is 9.59 Å². The van der Waals surface area contributed by atoms with Gasteiger partial charge in [-0.1, -0.05) is 50.3 Å². The van der Waals surface area contributed by atoms with Crippen LogP contribution in [0.4, 0.5) is 17.1 Å². The van der Waals surface area contributed by atoms with Gasteiger partial charge in [-0.2, -0.15) is 0 Å². The van der Waals surface area contributed by atoms with Gasteiger partial charge in [-0.25, -0.2) is 9.91 Å². The van der Waals surface area contributed by atoms with Crippen LogP contribution in [0.3, 0.4) is 0 Å². The third-order valence-corrected chi connectivity index (χ3v) is 8.95. The number of fused-ring (bicyclic) bond motifs is 2. The van der Waals surface area contributed by atoms with E-state index in [-0.39, 0.29) is 22.9 Å². The highest BCUT2D eigenvalue weighted by molar-refractivity contribution is 6.24. The van der Waals surface area contributed by atoms with E-state index in [1.165, 1.54) is 17.0 Å². The van der Waals surface area contributed by atoms with Gasteiger partial charge in [0, 0.05) is 17.8 Å². The summed E-state index contributed by atoms with van der Waals surface area (Å²) < 4.78 is 0. The Balaban J connectivity index is 1.36. The molecular weight excluding hydrogens is 484 g/mol. The van der Waals surface area contributed by atoms with Gasteiger partial charge >= 0.3 is 0 Å². The fourth-order valence-corrected chi connectivity index (χ4v) is 6.44. The lowest BCUT2D eigenvalue weighted by Gasteiger charge is -2.56. The summed E-state index contributed by atoms with van der Waals surface area (Å²) in [7, 11) is 0. The van der Waals surface area contributed by atoms with Gasteiger partial charge in [0.2, 0.25) is 5.91 Å². The number of aliphatic hydroxyl groups excluding tert-OH is 1. The molecule has 2 aromatic rings. The number of anilines is 2. The number of carbonyl (C=O) groups is 2. The molecule has 7 rings (SSSR count). The molecule has 2 aliphatic heterocycles. The largest absolute Gasteiger partial charge is 0.387 e. The summed E-state index contributed by atoms with van der Waals surface area (Å²) in [6.45, 7) is 4.53. The molecule has 2 N–H and O–H groups in total. The van der Waals surface area contributed by atoms with E-state index < -0.39 is 29.0 Å². The summed E-state index contributed by atoms with van der Waals surface area (Å²) in [5, 5.41) is 24.4. The average molecular weight is 515 g/mol. The van der Waals surface area contributed by atoms with E-state index in [1.54, 1.807) is 53.6 Å². The summed E-state index contributed by atoms with van der Waals surface area (Å²) in [6.07, 6.45) is 6.76. The van der Waals surface area contributed by atoms with Crippen molar-refractivity contribution < 1.29 is 19.6 Å². The smallest absolute Gasteiger partial charge is 0.269 e. The molecule has 2 heterocycles. The summed E-state index contributed by atoms with van der Waals surface area (Å²) in [4.78, 5) is 39.1. The Kier molecular flexibility index (Phi) is 5.73. The monoisotopic (exact) mass is 514 g/mol. The number of nitrogens with zero attached hydrogens (tertiary/aromatic N) is 3. The van der Waals surface area contributed by atoms with E-state index in [4.69, 9.17) is 0 Å². The number of hydrogen-bond donors (Lipinski definition) is 2. The number of non-ortho nitro benzene ring substituents is 1. The van der Waals surface area contributed by atoms with Crippen molar-refractivity contribution in [2.45, 2.75) is 44.9 Å². The Hall–Kier alpha value is -3.82. The van der Waals surface area contributed by atoms with Gasteiger partial charge in [-0.3, -0.25) is 19.7 Å². The Morgan fingerprint density at radius 2 is 1.76 bits per heavy atom. The van der Waals surface area contributed by atoms with Crippen molar-refractivity contribution in [1.82, 2.24) is 5.01 Å². The molecule has 9 heteroatoms. The number of allylic oxidation sites excluding steroid dienone is 1. The first-order chi connectivity index (χ1) is 18.2. The Morgan fingerprint density at radius 1 is 1.05 bits per heavy atom. The van der Waals surface area contributed by atoms with Crippen LogP contribution in [0.1, 0.15) is 26.7 Å². The highest BCUT2D eigenvalue weighted by Crippen LogP contribution is 2.58. The molecule has 2 bridgehead atoms. The first-order valence-corrected chi connectivity index (χ1v) is 13.0. The number of carbonyl (C=O) groups excluding carboxylic acids is 2. The lowest BCUT2D eigenvalue weighted by molar-refractivity contribution is -0.384. The predicted molar refractivity (Wildman–Crippen MR) is 142 cm³/mol. The third kappa shape index (κ3) is 3.76. The number of amides is 2. The highest BCUT2D eigenvalue weighted by atomic mass is 16.6. The molecule has 1 saturated heterocycles. The number of nitro groups is 1. The number of nitrogens with one attached hydrogen (secondary N) is 1. The number of benzene rings is 2. The molecule has 4 unspecified atom stereocenters. The molecule has 2 aromatic carbocycles. The summed E-state index contributed by atoms with van der Waals surface area (Å²) in [5.74, 6) is -0.536. The first-order valence-electron chi connectivity index (χ1n) is 13.0. The van der Waals surface area contributed by atoms with Crippen molar-refractivity contribution in [3.05, 3.63) is 88.5 Å². The molecule has 0 aromatic heterocycles. The van der Waals surface area contributed by atoms with E-state index in [9.17, 15) is 24.8 Å². The molecule has 9 nitrogen and oxygen atoms in total. The number of rotatable bonds is 6. The van der Waals surface area contributed by atoms with E-state index in [0.717, 1.165) is 18.4 Å². The Bertz CT molecular complexity index is 1350. The molecule has 196 valence electrons. The van der Waals surface area contributed by atoms with Gasteiger partial charge in [-0.05, 0) is 59.9 Å². The molecular formula is C29H30N4O5. The molecule has 5 aliphatic rings. The summed E-state index contributed by atoms with van der Waals surface area (Å²) in [6, 6.07) is 13.2. The van der Waals surface area contributed by atoms with E-state index in [0.29, 0.717) is 23.2 Å². The third-order valence-electron chi connectivity index (χ3n) is 8.95. The van der Waals surface area contributed by atoms with Crippen molar-refractivity contribution in [3.8, 4) is 0 Å². The second-order valence-corrected chi connectivity index (χ2v) is 11.3. The Morgan fingerprint density at radius 3 is 2.37 bits per heavy atom. The van der Waals surface area contributed by atoms with Crippen molar-refractivity contribution in [2.24, 2.45) is 23.2 Å². The first kappa shape index (κ1) is 24.5. The second-order valence-electron chi connectivity index (χ2n) is 11.3. The standard InChI is InChI=1S/C29H30N4O5/c1-29(2)18-14-17(15-19(29)16-18)26(34)24-13-12-23-25(28(36)31(27(23)35)21-6-4-3-5-7-21)32(24)30-20-8-10-22(11-9-20)33(37)38/h3-14,18-19,23-26,30,34H,15-16H2,1-2H3/t18-,19+,23?,24?,25?,26?/m0/s1. The minimum absolute atomic E-state index is 0.0554. The zero-order valence-corrected chi connectivity index (χ0v) is 21.2. The molecule has 0 radical (unpaired) electrons. The summed E-state index contributed by atoms with van der Waals surface area (Å²) >= 11 is 0. The second kappa shape index (κ2) is 8.89. The number of nitro benzene ring substituents is 1. The minimum atomic E-state index is -0.891. The van der Waals surface area contributed by atoms with Crippen LogP contribution in [0.5, 0.6) is 0 Å². The van der Waals surface area contributed by atoms with Crippen molar-refractivity contribution in [3.63, 3.8) is 0 Å². The number of imide groups is 1. The number of hydrogen-bond acceptors (Lipinski definition) is 7. The molecule has 2 amide bonds. The normalized spacial score (nSPS) is 30.3. The molecule has 6 atom stereocenters. The lowest BCUT2D eigenvalue weighted by Crippen LogP contribution is -2.58. The van der Waals surface area contributed by atoms with Gasteiger partial charge in [-0.15, -0.1) is 0 Å². The number of hydrazine groups is 1. The SMILES string of the molecule is CC1(C)[C@@H]2CC(C(O)C3C=CC4C(=O)N(c5ccccc5)C(=O)C4N3Nc3ccc([N+](=O)[O-])cc3)=C[C@H]1C2. The van der Waals surface area contributed by atoms with E-state index in [1.807, 2.05) is 6.07 Å². The summed E-state index contributed by atoms with van der Waals surface area (Å²) in [5.41, 5.74) is 5.35. The van der Waals surface area contributed by atoms with Crippen LogP contribution in [0.25, 0.3) is 0 Å². The van der Waals surface area contributed by atoms with Crippen molar-refractivity contribution in [2.75, 3.05) is 10.3 Å². The molecule has 3 aliphatic carbocycles. The molecule has 1 saturated carbocycles. The maximum Gasteiger partial charge on any atom is 0.269 e. The topological polar surface area (TPSA) is 116 Å². The van der Waals surface area contributed by atoms with Crippen LogP contribution in [0.15, 0.2) is 78.4 Å². The van der Waals surface area contributed by atoms with Crippen LogP contribution < -0.4 is 10.3 Å². The molecule has 2 fully saturated rings. The lowest BCUT2D eigenvalue weighted by atomic mass is 9.49. The molecule has 38 heavy (non-hydrogen) atoms. The zero-order valence-electron chi connectivity index (χ0n) is 21.2. The van der Waals surface area contributed by atoms with Crippen molar-refractivity contribution >= 4 is 28.9 Å². The van der Waals surface area contributed by atoms with Gasteiger partial charge < -0.3 is 10.5 Å². The van der Waals surface area contributed by atoms with E-state index >= 15 is 0 Å². The fourth-order valence-electron chi connectivity index (χ4n) is 6.44. The Labute approximate surface area is 220 Å². The number of para-hydroxylation sites is 1. The van der Waals surface area contributed by atoms with Gasteiger partial charge in [0.05, 0.1) is 28.7 Å². The quantitative estimate of drug-likeness (QED) is 0.258. The van der Waals surface area contributed by atoms with Gasteiger partial charge in [0.15, 0.2) is 0 Å². The van der Waals surface area contributed by atoms with Crippen molar-refractivity contribution in [1.29, 1.82) is 0 Å². The maximum absolute atomic E-state index is 13.8. The molecule has 0 spiro atoms. The fraction of sp³-hybridized carbons (Fsp3) is 0.379. The minimum Gasteiger partial charge on any atom is -0.387 e. The predicted octanol–water partition coefficient (Wildman–Crippen LogP) is 4.07. The average Bonchev–Trinajstić information content (AvgIpc) is 3.18. The van der Waals surface area contributed by atoms with Crippen LogP contribution in [0, 0.1) is 33.3 Å². The van der Waals surface area contributed by atoms with Gasteiger partial charge in [0.1, 0.15) is 6.04 Å². The highest BCUT2D eigenvalue weighted by Gasteiger charge is 2.55. The van der Waals surface area contributed by atoms with Crippen LogP contribution in [0.2, 0.25) is 0 Å². The van der Waals surface area contributed by atoms with Gasteiger partial charge in [0.25, 0.3) is 11.6 Å². The van der Waals surface area contributed by atoms with E-state index in [2.05, 4.69) is 25.3 Å². The van der Waals surface area contributed by atoms with Crippen LogP contribution in [-0.4, -0.2) is 45.0 Å². The number of aliphatic hydroxyl groups is 1.